The van der Waals surface area contributed by atoms with Crippen molar-refractivity contribution < 1.29 is 21.1 Å². The molecule has 0 rings (SSSR count). The predicted molar refractivity (Wildman–Crippen MR) is 31.9 cm³/mol. The molecule has 0 fully saturated rings. The topological polar surface area (TPSA) is 52.0 Å². The van der Waals surface area contributed by atoms with Crippen LogP contribution in [-0.2, 0) is 21.1 Å². The van der Waals surface area contributed by atoms with E-state index in [9.17, 15) is 0 Å². The van der Waals surface area contributed by atoms with Gasteiger partial charge in [-0.05, 0) is 6.42 Å². The van der Waals surface area contributed by atoms with Crippen molar-refractivity contribution in [1.29, 1.82) is 0 Å². The molecule has 1 unspecified atom stereocenters. The summed E-state index contributed by atoms with van der Waals surface area (Å²) in [6, 6.07) is 0.227. The zero-order valence-electron chi connectivity index (χ0n) is 5.17. The molecule has 0 spiro atoms. The first kappa shape index (κ1) is 11.4. The SMILES string of the molecule is CCCC(N)CN.[Pt]. The Balaban J connectivity index is 0. The summed E-state index contributed by atoms with van der Waals surface area (Å²) in [5, 5.41) is 0. The molecule has 0 heterocycles. The van der Waals surface area contributed by atoms with Crippen molar-refractivity contribution in [3.8, 4) is 0 Å². The third-order valence-corrected chi connectivity index (χ3v) is 0.962. The Bertz CT molecular complexity index is 41.4. The average molecular weight is 297 g/mol. The summed E-state index contributed by atoms with van der Waals surface area (Å²) in [5.41, 5.74) is 10.7. The second-order valence-electron chi connectivity index (χ2n) is 1.78. The quantitative estimate of drug-likeness (QED) is 0.774. The minimum Gasteiger partial charge on any atom is -0.329 e. The predicted octanol–water partition coefficient (Wildman–Crippen LogP) is 0.0700. The fourth-order valence-electron chi connectivity index (χ4n) is 0.489. The van der Waals surface area contributed by atoms with Crippen LogP contribution in [0.2, 0.25) is 0 Å². The van der Waals surface area contributed by atoms with Crippen LogP contribution in [-0.4, -0.2) is 12.6 Å². The summed E-state index contributed by atoms with van der Waals surface area (Å²) in [6.07, 6.45) is 2.19. The average Bonchev–Trinajstić information content (AvgIpc) is 1.68. The zero-order valence-corrected chi connectivity index (χ0v) is 7.44. The van der Waals surface area contributed by atoms with Gasteiger partial charge in [0.1, 0.15) is 0 Å². The summed E-state index contributed by atoms with van der Waals surface area (Å²) < 4.78 is 0. The first-order valence-corrected chi connectivity index (χ1v) is 2.77. The van der Waals surface area contributed by atoms with Gasteiger partial charge in [-0.25, -0.2) is 0 Å². The van der Waals surface area contributed by atoms with Crippen molar-refractivity contribution >= 4 is 0 Å². The minimum atomic E-state index is 0. The van der Waals surface area contributed by atoms with Crippen molar-refractivity contribution in [3.05, 3.63) is 0 Å². The van der Waals surface area contributed by atoms with Crippen LogP contribution < -0.4 is 11.5 Å². The molecule has 0 saturated heterocycles. The van der Waals surface area contributed by atoms with Gasteiger partial charge in [0.25, 0.3) is 0 Å². The largest absolute Gasteiger partial charge is 0.329 e. The van der Waals surface area contributed by atoms with E-state index in [2.05, 4.69) is 6.92 Å². The van der Waals surface area contributed by atoms with Crippen molar-refractivity contribution in [2.24, 2.45) is 11.5 Å². The fourth-order valence-corrected chi connectivity index (χ4v) is 0.489. The molecule has 0 aromatic carbocycles. The molecule has 0 aliphatic rings. The van der Waals surface area contributed by atoms with Gasteiger partial charge in [0.2, 0.25) is 0 Å². The van der Waals surface area contributed by atoms with E-state index in [0.29, 0.717) is 6.54 Å². The van der Waals surface area contributed by atoms with Gasteiger partial charge in [0, 0.05) is 33.7 Å². The van der Waals surface area contributed by atoms with Crippen LogP contribution in [0.1, 0.15) is 19.8 Å². The van der Waals surface area contributed by atoms with E-state index in [1.165, 1.54) is 0 Å². The van der Waals surface area contributed by atoms with Gasteiger partial charge in [-0.1, -0.05) is 13.3 Å². The maximum atomic E-state index is 5.46. The number of rotatable bonds is 3. The third-order valence-electron chi connectivity index (χ3n) is 0.962. The summed E-state index contributed by atoms with van der Waals surface area (Å²) >= 11 is 0. The Morgan fingerprint density at radius 2 is 2.00 bits per heavy atom. The normalized spacial score (nSPS) is 12.4. The second kappa shape index (κ2) is 7.61. The molecule has 3 heteroatoms. The Morgan fingerprint density at radius 3 is 2.12 bits per heavy atom. The Kier molecular flexibility index (Phi) is 10.9. The van der Waals surface area contributed by atoms with Gasteiger partial charge in [-0.2, -0.15) is 0 Å². The Hall–Kier alpha value is 0.608. The van der Waals surface area contributed by atoms with E-state index >= 15 is 0 Å². The Morgan fingerprint density at radius 1 is 1.50 bits per heavy atom. The van der Waals surface area contributed by atoms with Crippen molar-refractivity contribution in [2.45, 2.75) is 25.8 Å². The molecule has 0 aliphatic carbocycles. The van der Waals surface area contributed by atoms with E-state index in [-0.39, 0.29) is 27.1 Å². The van der Waals surface area contributed by atoms with Gasteiger partial charge >= 0.3 is 0 Å². The maximum absolute atomic E-state index is 5.46. The standard InChI is InChI=1S/C5H14N2.Pt/c1-2-3-5(7)4-6;/h5H,2-4,6-7H2,1H3;. The molecular formula is C5H14N2Pt. The monoisotopic (exact) mass is 297 g/mol. The number of hydrogen-bond donors (Lipinski definition) is 2. The van der Waals surface area contributed by atoms with E-state index in [1.54, 1.807) is 0 Å². The van der Waals surface area contributed by atoms with Gasteiger partial charge in [0.05, 0.1) is 0 Å². The summed E-state index contributed by atoms with van der Waals surface area (Å²) in [7, 11) is 0. The van der Waals surface area contributed by atoms with Gasteiger partial charge in [0.15, 0.2) is 0 Å². The summed E-state index contributed by atoms with van der Waals surface area (Å²) in [6.45, 7) is 2.73. The molecular weight excluding hydrogens is 283 g/mol. The molecule has 8 heavy (non-hydrogen) atoms. The van der Waals surface area contributed by atoms with E-state index in [0.717, 1.165) is 12.8 Å². The van der Waals surface area contributed by atoms with E-state index < -0.39 is 0 Å². The molecule has 0 aliphatic heterocycles. The molecule has 1 atom stereocenters. The minimum absolute atomic E-state index is 0. The molecule has 0 radical (unpaired) electrons. The third kappa shape index (κ3) is 6.61. The maximum Gasteiger partial charge on any atom is 0.0162 e. The molecule has 0 aromatic rings. The molecule has 0 aromatic heterocycles. The van der Waals surface area contributed by atoms with Crippen LogP contribution in [0, 0.1) is 0 Å². The van der Waals surface area contributed by atoms with Crippen molar-refractivity contribution in [1.82, 2.24) is 0 Å². The first-order chi connectivity index (χ1) is 3.31. The van der Waals surface area contributed by atoms with Crippen LogP contribution in [0.4, 0.5) is 0 Å². The van der Waals surface area contributed by atoms with Crippen LogP contribution in [0.3, 0.4) is 0 Å². The fraction of sp³-hybridized carbons (Fsp3) is 1.00. The number of nitrogens with two attached hydrogens (primary N) is 2. The molecule has 0 bridgehead atoms. The molecule has 54 valence electrons. The van der Waals surface area contributed by atoms with Gasteiger partial charge in [-0.3, -0.25) is 0 Å². The zero-order chi connectivity index (χ0) is 5.70. The molecule has 0 amide bonds. The van der Waals surface area contributed by atoms with E-state index in [1.807, 2.05) is 0 Å². The van der Waals surface area contributed by atoms with Crippen LogP contribution in [0.5, 0.6) is 0 Å². The summed E-state index contributed by atoms with van der Waals surface area (Å²) in [5.74, 6) is 0. The van der Waals surface area contributed by atoms with Crippen molar-refractivity contribution in [3.63, 3.8) is 0 Å². The molecule has 2 nitrogen and oxygen atoms in total. The van der Waals surface area contributed by atoms with Crippen molar-refractivity contribution in [2.75, 3.05) is 6.54 Å². The van der Waals surface area contributed by atoms with Crippen LogP contribution in [0.15, 0.2) is 0 Å². The first-order valence-electron chi connectivity index (χ1n) is 2.77. The van der Waals surface area contributed by atoms with Gasteiger partial charge in [-0.15, -0.1) is 0 Å². The number of hydrogen-bond acceptors (Lipinski definition) is 2. The molecule has 4 N–H and O–H groups in total. The second-order valence-corrected chi connectivity index (χ2v) is 1.78. The Labute approximate surface area is 65.3 Å². The summed E-state index contributed by atoms with van der Waals surface area (Å²) in [4.78, 5) is 0. The van der Waals surface area contributed by atoms with Gasteiger partial charge < -0.3 is 11.5 Å². The van der Waals surface area contributed by atoms with E-state index in [4.69, 9.17) is 11.5 Å². The van der Waals surface area contributed by atoms with Crippen LogP contribution in [0.25, 0.3) is 0 Å². The van der Waals surface area contributed by atoms with Crippen LogP contribution >= 0.6 is 0 Å². The smallest absolute Gasteiger partial charge is 0.0162 e. The molecule has 0 saturated carbocycles.